The summed E-state index contributed by atoms with van der Waals surface area (Å²) in [5.41, 5.74) is 0. The van der Waals surface area contributed by atoms with Crippen molar-refractivity contribution in [3.8, 4) is 0 Å². The average molecular weight is 100 g/mol. The predicted octanol–water partition coefficient (Wildman–Crippen LogP) is 0.504. The zero-order valence-corrected chi connectivity index (χ0v) is 4.31. The largest absolute Gasteiger partial charge is 0.363 e. The van der Waals surface area contributed by atoms with Crippen molar-refractivity contribution in [2.45, 2.75) is 19.1 Å². The van der Waals surface area contributed by atoms with Crippen LogP contribution in [0.15, 0.2) is 0 Å². The van der Waals surface area contributed by atoms with Gasteiger partial charge in [-0.25, -0.2) is 0 Å². The molecule has 0 bridgehead atoms. The van der Waals surface area contributed by atoms with Gasteiger partial charge in [-0.05, 0) is 12.8 Å². The van der Waals surface area contributed by atoms with Gasteiger partial charge in [0, 0.05) is 13.7 Å². The summed E-state index contributed by atoms with van der Waals surface area (Å²) in [6, 6.07) is 0. The van der Waals surface area contributed by atoms with Gasteiger partial charge in [-0.1, -0.05) is 0 Å². The number of hydrogen-bond donors (Lipinski definition) is 1. The second-order valence-electron chi connectivity index (χ2n) is 1.71. The first-order valence-electron chi connectivity index (χ1n) is 2.57. The molecule has 0 aromatic heterocycles. The van der Waals surface area contributed by atoms with Crippen molar-refractivity contribution in [1.29, 1.82) is 0 Å². The van der Waals surface area contributed by atoms with Crippen LogP contribution in [-0.4, -0.2) is 12.8 Å². The number of nitrogens with one attached hydrogen (secondary N) is 1. The SMILES string of the molecule is [CH2]NC1CCCO1. The van der Waals surface area contributed by atoms with E-state index in [1.165, 1.54) is 6.42 Å². The van der Waals surface area contributed by atoms with Crippen LogP contribution in [0, 0.1) is 7.05 Å². The molecule has 0 saturated carbocycles. The van der Waals surface area contributed by atoms with E-state index >= 15 is 0 Å². The fourth-order valence-electron chi connectivity index (χ4n) is 0.739. The maximum Gasteiger partial charge on any atom is 0.108 e. The first-order valence-corrected chi connectivity index (χ1v) is 2.57. The van der Waals surface area contributed by atoms with Crippen molar-refractivity contribution in [2.75, 3.05) is 6.61 Å². The van der Waals surface area contributed by atoms with Gasteiger partial charge in [0.05, 0.1) is 0 Å². The van der Waals surface area contributed by atoms with Gasteiger partial charge < -0.3 is 4.74 Å². The summed E-state index contributed by atoms with van der Waals surface area (Å²) >= 11 is 0. The minimum atomic E-state index is 0.236. The van der Waals surface area contributed by atoms with E-state index in [1.807, 2.05) is 0 Å². The minimum Gasteiger partial charge on any atom is -0.363 e. The monoisotopic (exact) mass is 100 g/mol. The Kier molecular flexibility index (Phi) is 1.65. The molecule has 41 valence electrons. The smallest absolute Gasteiger partial charge is 0.108 e. The van der Waals surface area contributed by atoms with Crippen LogP contribution in [0.2, 0.25) is 0 Å². The lowest BCUT2D eigenvalue weighted by molar-refractivity contribution is 0.0948. The topological polar surface area (TPSA) is 21.3 Å². The molecule has 0 amide bonds. The Labute approximate surface area is 43.9 Å². The van der Waals surface area contributed by atoms with Crippen LogP contribution in [0.4, 0.5) is 0 Å². The van der Waals surface area contributed by atoms with Crippen LogP contribution in [0.3, 0.4) is 0 Å². The van der Waals surface area contributed by atoms with E-state index in [1.54, 1.807) is 0 Å². The van der Waals surface area contributed by atoms with E-state index in [0.29, 0.717) is 0 Å². The summed E-state index contributed by atoms with van der Waals surface area (Å²) in [4.78, 5) is 0. The minimum absolute atomic E-state index is 0.236. The summed E-state index contributed by atoms with van der Waals surface area (Å²) in [7, 11) is 3.49. The van der Waals surface area contributed by atoms with Gasteiger partial charge in [-0.15, -0.1) is 0 Å². The zero-order chi connectivity index (χ0) is 5.11. The molecule has 1 aliphatic rings. The molecule has 1 unspecified atom stereocenters. The van der Waals surface area contributed by atoms with Crippen LogP contribution in [0.1, 0.15) is 12.8 Å². The first-order chi connectivity index (χ1) is 3.43. The molecule has 1 heterocycles. The standard InChI is InChI=1S/C5H10NO/c1-6-5-3-2-4-7-5/h5-6H,1-4H2. The predicted molar refractivity (Wildman–Crippen MR) is 27.5 cm³/mol. The number of rotatable bonds is 1. The molecule has 1 N–H and O–H groups in total. The molecular weight excluding hydrogens is 90.1 g/mol. The van der Waals surface area contributed by atoms with E-state index in [-0.39, 0.29) is 6.23 Å². The van der Waals surface area contributed by atoms with E-state index in [4.69, 9.17) is 4.74 Å². The molecule has 1 atom stereocenters. The fourth-order valence-corrected chi connectivity index (χ4v) is 0.739. The van der Waals surface area contributed by atoms with Crippen molar-refractivity contribution in [3.63, 3.8) is 0 Å². The molecule has 0 aliphatic carbocycles. The number of hydrogen-bond acceptors (Lipinski definition) is 2. The molecule has 1 fully saturated rings. The van der Waals surface area contributed by atoms with Crippen LogP contribution in [0.25, 0.3) is 0 Å². The average Bonchev–Trinajstić information content (AvgIpc) is 2.14. The molecule has 2 nitrogen and oxygen atoms in total. The molecule has 1 rings (SSSR count). The normalized spacial score (nSPS) is 31.3. The lowest BCUT2D eigenvalue weighted by Crippen LogP contribution is -2.20. The van der Waals surface area contributed by atoms with Gasteiger partial charge in [0.2, 0.25) is 0 Å². The van der Waals surface area contributed by atoms with Gasteiger partial charge in [0.25, 0.3) is 0 Å². The highest BCUT2D eigenvalue weighted by atomic mass is 16.5. The Balaban J connectivity index is 2.14. The lowest BCUT2D eigenvalue weighted by Gasteiger charge is -2.03. The molecule has 1 saturated heterocycles. The highest BCUT2D eigenvalue weighted by Gasteiger charge is 2.11. The first kappa shape index (κ1) is 5.06. The Morgan fingerprint density at radius 2 is 2.57 bits per heavy atom. The lowest BCUT2D eigenvalue weighted by atomic mass is 10.3. The summed E-state index contributed by atoms with van der Waals surface area (Å²) in [6.07, 6.45) is 2.52. The zero-order valence-electron chi connectivity index (χ0n) is 4.31. The Hall–Kier alpha value is -0.0800. The van der Waals surface area contributed by atoms with Crippen molar-refractivity contribution >= 4 is 0 Å². The third-order valence-corrected chi connectivity index (χ3v) is 1.16. The highest BCUT2D eigenvalue weighted by molar-refractivity contribution is 4.60. The maximum absolute atomic E-state index is 5.13. The molecular formula is C5H10NO. The molecule has 0 aromatic carbocycles. The summed E-state index contributed by atoms with van der Waals surface area (Å²) < 4.78 is 5.13. The number of ether oxygens (including phenoxy) is 1. The van der Waals surface area contributed by atoms with Gasteiger partial charge in [-0.3, -0.25) is 5.32 Å². The second-order valence-corrected chi connectivity index (χ2v) is 1.71. The molecule has 2 heteroatoms. The van der Waals surface area contributed by atoms with Crippen LogP contribution in [-0.2, 0) is 4.74 Å². The van der Waals surface area contributed by atoms with E-state index < -0.39 is 0 Å². The van der Waals surface area contributed by atoms with Crippen molar-refractivity contribution < 1.29 is 4.74 Å². The van der Waals surface area contributed by atoms with E-state index in [9.17, 15) is 0 Å². The Morgan fingerprint density at radius 1 is 1.71 bits per heavy atom. The fraction of sp³-hybridized carbons (Fsp3) is 0.800. The van der Waals surface area contributed by atoms with Gasteiger partial charge in [-0.2, -0.15) is 0 Å². The van der Waals surface area contributed by atoms with E-state index in [2.05, 4.69) is 12.4 Å². The summed E-state index contributed by atoms with van der Waals surface area (Å²) in [5, 5.41) is 2.79. The Morgan fingerprint density at radius 3 is 2.86 bits per heavy atom. The maximum atomic E-state index is 5.13. The second kappa shape index (κ2) is 2.28. The van der Waals surface area contributed by atoms with Crippen molar-refractivity contribution in [3.05, 3.63) is 7.05 Å². The highest BCUT2D eigenvalue weighted by Crippen LogP contribution is 2.07. The van der Waals surface area contributed by atoms with Crippen LogP contribution in [0.5, 0.6) is 0 Å². The third-order valence-electron chi connectivity index (χ3n) is 1.16. The summed E-state index contributed by atoms with van der Waals surface area (Å²) in [5.74, 6) is 0. The molecule has 7 heavy (non-hydrogen) atoms. The molecule has 1 radical (unpaired) electrons. The molecule has 0 spiro atoms. The molecule has 1 aliphatic heterocycles. The van der Waals surface area contributed by atoms with Crippen molar-refractivity contribution in [2.24, 2.45) is 0 Å². The molecule has 0 aromatic rings. The van der Waals surface area contributed by atoms with E-state index in [0.717, 1.165) is 13.0 Å². The Bertz CT molecular complexity index is 50.0. The van der Waals surface area contributed by atoms with Gasteiger partial charge >= 0.3 is 0 Å². The van der Waals surface area contributed by atoms with Crippen LogP contribution < -0.4 is 5.32 Å². The van der Waals surface area contributed by atoms with Crippen LogP contribution >= 0.6 is 0 Å². The van der Waals surface area contributed by atoms with Gasteiger partial charge in [0.15, 0.2) is 0 Å². The van der Waals surface area contributed by atoms with Crippen molar-refractivity contribution in [1.82, 2.24) is 5.32 Å². The quantitative estimate of drug-likeness (QED) is 0.518. The third kappa shape index (κ3) is 1.14. The summed E-state index contributed by atoms with van der Waals surface area (Å²) in [6.45, 7) is 0.896. The van der Waals surface area contributed by atoms with Gasteiger partial charge in [0.1, 0.15) is 6.23 Å².